The van der Waals surface area contributed by atoms with Gasteiger partial charge in [0, 0.05) is 48.5 Å². The number of carbonyl (C=O) groups is 5. The minimum absolute atomic E-state index is 0.0606. The molecule has 1 N–H and O–H groups in total. The molecular formula is C46H70ClN3O13. The van der Waals surface area contributed by atoms with Crippen molar-refractivity contribution < 1.29 is 62.2 Å². The zero-order valence-electron chi connectivity index (χ0n) is 39.2. The first kappa shape index (κ1) is 50.5. The van der Waals surface area contributed by atoms with Crippen LogP contribution in [0.4, 0.5) is 14.4 Å². The maximum absolute atomic E-state index is 14.9. The van der Waals surface area contributed by atoms with Gasteiger partial charge in [-0.3, -0.25) is 19.4 Å². The van der Waals surface area contributed by atoms with Gasteiger partial charge < -0.3 is 38.3 Å². The van der Waals surface area contributed by atoms with Crippen LogP contribution in [0.1, 0.15) is 101 Å². The Morgan fingerprint density at radius 3 is 2.21 bits per heavy atom. The monoisotopic (exact) mass is 907 g/mol. The number of amides is 3. The zero-order chi connectivity index (χ0) is 46.9. The summed E-state index contributed by atoms with van der Waals surface area (Å²) in [5.41, 5.74) is -1.95. The predicted octanol–water partition coefficient (Wildman–Crippen LogP) is 6.64. The van der Waals surface area contributed by atoms with E-state index in [1.54, 1.807) is 72.4 Å². The molecule has 4 aliphatic rings. The molecule has 63 heavy (non-hydrogen) atoms. The summed E-state index contributed by atoms with van der Waals surface area (Å²) in [6.45, 7) is 19.8. The van der Waals surface area contributed by atoms with E-state index in [1.165, 1.54) is 7.11 Å². The molecule has 4 aliphatic heterocycles. The molecule has 1 aromatic rings. The zero-order valence-corrected chi connectivity index (χ0v) is 40.0. The van der Waals surface area contributed by atoms with Gasteiger partial charge in [-0.25, -0.2) is 19.3 Å². The van der Waals surface area contributed by atoms with Crippen molar-refractivity contribution in [2.24, 2.45) is 23.7 Å². The first-order chi connectivity index (χ1) is 29.5. The van der Waals surface area contributed by atoms with E-state index in [1.807, 2.05) is 40.0 Å². The number of aliphatic hydroxyl groups excluding tert-OH is 1. The Balaban J connectivity index is 1.62. The Kier molecular flexibility index (Phi) is 16.3. The number of ketones is 1. The second-order valence-corrected chi connectivity index (χ2v) is 19.4. The topological polar surface area (TPSA) is 180 Å². The summed E-state index contributed by atoms with van der Waals surface area (Å²) in [4.78, 5) is 74.8. The first-order valence-corrected chi connectivity index (χ1v) is 22.8. The molecule has 2 unspecified atom stereocenters. The van der Waals surface area contributed by atoms with Crippen LogP contribution in [0.15, 0.2) is 24.3 Å². The molecular weight excluding hydrogens is 838 g/mol. The van der Waals surface area contributed by atoms with E-state index in [9.17, 15) is 29.1 Å². The molecule has 354 valence electrons. The fraction of sp³-hybridized carbons (Fsp3) is 0.761. The minimum Gasteiger partial charge on any atom is -0.458 e. The van der Waals surface area contributed by atoms with Crippen LogP contribution in [-0.2, 0) is 49.2 Å². The molecule has 4 heterocycles. The van der Waals surface area contributed by atoms with E-state index < -0.39 is 102 Å². The molecule has 15 atom stereocenters. The SMILES string of the molecule is CC[C@H]1OC(=O)[C@H](C)[C@@H](OC(=O)N2CC(C)OC2=O)[C@H](C)[C@@H](OC2O[C@H](C)C[C@H](N(C)C(C)C)[C@H]2O)[C@@](C)(OC)C[C@@H](C)C(=O)[C@H](C)[C@H]2N(CCc3ccc(Cl)cc3)C(=O)O[C@]12C. The van der Waals surface area contributed by atoms with E-state index >= 15 is 0 Å². The Bertz CT molecular complexity index is 1800. The molecule has 0 bridgehead atoms. The van der Waals surface area contributed by atoms with Crippen molar-refractivity contribution in [1.29, 1.82) is 0 Å². The number of methoxy groups -OCH3 is 1. The highest BCUT2D eigenvalue weighted by Gasteiger charge is 2.60. The van der Waals surface area contributed by atoms with Crippen molar-refractivity contribution >= 4 is 41.6 Å². The molecule has 0 radical (unpaired) electrons. The Labute approximate surface area is 377 Å². The number of halogens is 1. The number of Topliss-reactive ketones (excluding diaryl/α,β-unsaturated/α-hetero) is 1. The Morgan fingerprint density at radius 1 is 0.984 bits per heavy atom. The van der Waals surface area contributed by atoms with Gasteiger partial charge in [-0.05, 0) is 98.9 Å². The van der Waals surface area contributed by atoms with Crippen LogP contribution in [0.3, 0.4) is 0 Å². The summed E-state index contributed by atoms with van der Waals surface area (Å²) in [7, 11) is 3.41. The van der Waals surface area contributed by atoms with Gasteiger partial charge in [-0.15, -0.1) is 0 Å². The smallest absolute Gasteiger partial charge is 0.419 e. The lowest BCUT2D eigenvalue weighted by molar-refractivity contribution is -0.302. The van der Waals surface area contributed by atoms with E-state index in [0.717, 1.165) is 10.5 Å². The normalized spacial score (nSPS) is 38.3. The van der Waals surface area contributed by atoms with Crippen molar-refractivity contribution in [3.05, 3.63) is 34.9 Å². The lowest BCUT2D eigenvalue weighted by atomic mass is 9.73. The fourth-order valence-electron chi connectivity index (χ4n) is 10.2. The van der Waals surface area contributed by atoms with Crippen LogP contribution in [0.2, 0.25) is 5.02 Å². The quantitative estimate of drug-likeness (QED) is 0.195. The number of esters is 1. The van der Waals surface area contributed by atoms with E-state index in [4.69, 9.17) is 44.8 Å². The van der Waals surface area contributed by atoms with Crippen molar-refractivity contribution in [3.8, 4) is 0 Å². The van der Waals surface area contributed by atoms with Gasteiger partial charge in [-0.2, -0.15) is 0 Å². The van der Waals surface area contributed by atoms with Crippen LogP contribution in [0, 0.1) is 23.7 Å². The average Bonchev–Trinajstić information content (AvgIpc) is 3.72. The summed E-state index contributed by atoms with van der Waals surface area (Å²) in [6, 6.07) is 6.13. The van der Waals surface area contributed by atoms with E-state index in [0.29, 0.717) is 17.9 Å². The molecule has 17 heteroatoms. The number of imide groups is 1. The van der Waals surface area contributed by atoms with Crippen LogP contribution in [0.25, 0.3) is 0 Å². The highest BCUT2D eigenvalue weighted by Crippen LogP contribution is 2.44. The first-order valence-electron chi connectivity index (χ1n) is 22.4. The summed E-state index contributed by atoms with van der Waals surface area (Å²) >= 11 is 6.15. The molecule has 0 spiro atoms. The largest absolute Gasteiger partial charge is 0.458 e. The third kappa shape index (κ3) is 10.6. The predicted molar refractivity (Wildman–Crippen MR) is 232 cm³/mol. The third-order valence-electron chi connectivity index (χ3n) is 14.0. The lowest BCUT2D eigenvalue weighted by Crippen LogP contribution is -2.61. The number of ether oxygens (including phenoxy) is 7. The van der Waals surface area contributed by atoms with Gasteiger partial charge in [0.05, 0.1) is 36.3 Å². The number of hydrogen-bond acceptors (Lipinski definition) is 14. The summed E-state index contributed by atoms with van der Waals surface area (Å²) < 4.78 is 43.5. The standard InChI is InChI=1S/C46H70ClN3O13/c1-14-34-46(11)38(49(44(56)63-46)20-19-31-15-17-32(47)18-16-31)28(7)35(51)25(4)22-45(10,57-13)39(62-41-36(52)33(21-26(5)58-41)48(12)24(2)3)29(8)37(30(9)40(53)60-34)61-43(55)50-23-27(6)59-42(50)54/h15-18,24-30,33-34,36-39,41,52H,14,19-23H2,1-13H3/t25-,26-,27?,28+,29+,30-,33+,34-,36-,37+,38-,39-,41?,45+,46-/m1/s1. The lowest BCUT2D eigenvalue weighted by Gasteiger charge is -2.49. The van der Waals surface area contributed by atoms with Crippen molar-refractivity contribution in [2.75, 3.05) is 27.2 Å². The molecule has 4 saturated heterocycles. The van der Waals surface area contributed by atoms with Gasteiger partial charge in [0.2, 0.25) is 0 Å². The van der Waals surface area contributed by atoms with E-state index in [2.05, 4.69) is 4.90 Å². The van der Waals surface area contributed by atoms with Crippen molar-refractivity contribution in [2.45, 2.75) is 174 Å². The van der Waals surface area contributed by atoms with Crippen LogP contribution in [0.5, 0.6) is 0 Å². The van der Waals surface area contributed by atoms with E-state index in [-0.39, 0.29) is 49.9 Å². The second-order valence-electron chi connectivity index (χ2n) is 18.9. The van der Waals surface area contributed by atoms with Gasteiger partial charge in [0.1, 0.15) is 30.2 Å². The third-order valence-corrected chi connectivity index (χ3v) is 14.2. The molecule has 0 saturated carbocycles. The van der Waals surface area contributed by atoms with Gasteiger partial charge >= 0.3 is 24.2 Å². The summed E-state index contributed by atoms with van der Waals surface area (Å²) in [5, 5.41) is 12.5. The second kappa shape index (κ2) is 20.3. The van der Waals surface area contributed by atoms with Crippen molar-refractivity contribution in [1.82, 2.24) is 14.7 Å². The fourth-order valence-corrected chi connectivity index (χ4v) is 10.3. The molecule has 1 aromatic carbocycles. The van der Waals surface area contributed by atoms with Crippen LogP contribution >= 0.6 is 11.6 Å². The minimum atomic E-state index is -1.49. The van der Waals surface area contributed by atoms with Crippen molar-refractivity contribution in [3.63, 3.8) is 0 Å². The number of rotatable bonds is 10. The Morgan fingerprint density at radius 2 is 1.63 bits per heavy atom. The summed E-state index contributed by atoms with van der Waals surface area (Å²) in [6.07, 6.45) is -8.17. The molecule has 5 rings (SSSR count). The number of nitrogens with zero attached hydrogens (tertiary/aromatic N) is 3. The van der Waals surface area contributed by atoms with Crippen LogP contribution in [-0.4, -0.2) is 149 Å². The summed E-state index contributed by atoms with van der Waals surface area (Å²) in [5.74, 6) is -4.68. The highest BCUT2D eigenvalue weighted by atomic mass is 35.5. The molecule has 4 fully saturated rings. The Hall–Kier alpha value is -3.54. The van der Waals surface area contributed by atoms with Gasteiger partial charge in [0.25, 0.3) is 0 Å². The number of carbonyl (C=O) groups excluding carboxylic acids is 5. The number of likely N-dealkylation sites (N-methyl/N-ethyl adjacent to an activating group) is 1. The van der Waals surface area contributed by atoms with Gasteiger partial charge in [-0.1, -0.05) is 51.4 Å². The van der Waals surface area contributed by atoms with Crippen LogP contribution < -0.4 is 0 Å². The maximum atomic E-state index is 14.9. The number of benzene rings is 1. The molecule has 0 aliphatic carbocycles. The number of fused-ring (bicyclic) bond motifs is 1. The maximum Gasteiger partial charge on any atom is 0.419 e. The molecule has 3 amide bonds. The highest BCUT2D eigenvalue weighted by molar-refractivity contribution is 6.30. The van der Waals surface area contributed by atoms with Gasteiger partial charge in [0.15, 0.2) is 11.9 Å². The average molecular weight is 909 g/mol. The molecule has 0 aromatic heterocycles. The number of aliphatic hydroxyl groups is 1. The number of cyclic esters (lactones) is 2. The molecule has 16 nitrogen and oxygen atoms in total. The number of hydrogen-bond donors (Lipinski definition) is 1.